The van der Waals surface area contributed by atoms with Crippen molar-refractivity contribution in [3.63, 3.8) is 0 Å². The molecule has 0 fully saturated rings. The van der Waals surface area contributed by atoms with Crippen LogP contribution in [-0.4, -0.2) is 17.1 Å². The van der Waals surface area contributed by atoms with Crippen molar-refractivity contribution >= 4 is 28.0 Å². The Hall–Kier alpha value is -2.60. The van der Waals surface area contributed by atoms with E-state index in [1.807, 2.05) is 44.2 Å². The second kappa shape index (κ2) is 6.26. The minimum atomic E-state index is 0.468. The zero-order valence-corrected chi connectivity index (χ0v) is 14.1. The molecule has 3 N–H and O–H groups in total. The molecule has 5 nitrogen and oxygen atoms in total. The number of nitrogens with two attached hydrogens (primary N) is 1. The number of thiazole rings is 1. The van der Waals surface area contributed by atoms with E-state index in [4.69, 9.17) is 10.5 Å². The lowest BCUT2D eigenvalue weighted by molar-refractivity contribution is 0.408. The van der Waals surface area contributed by atoms with Crippen molar-refractivity contribution in [2.75, 3.05) is 18.2 Å². The van der Waals surface area contributed by atoms with Gasteiger partial charge < -0.3 is 15.8 Å². The van der Waals surface area contributed by atoms with Gasteiger partial charge in [-0.1, -0.05) is 29.5 Å². The highest BCUT2D eigenvalue weighted by Gasteiger charge is 2.17. The molecule has 118 valence electrons. The number of benzene rings is 1. The van der Waals surface area contributed by atoms with Gasteiger partial charge in [0.15, 0.2) is 5.13 Å². The summed E-state index contributed by atoms with van der Waals surface area (Å²) in [5, 5.41) is 4.00. The molecule has 0 unspecified atom stereocenters. The summed E-state index contributed by atoms with van der Waals surface area (Å²) in [6, 6.07) is 9.87. The van der Waals surface area contributed by atoms with Crippen LogP contribution < -0.4 is 15.8 Å². The van der Waals surface area contributed by atoms with Gasteiger partial charge in [-0.2, -0.15) is 0 Å². The summed E-state index contributed by atoms with van der Waals surface area (Å²) in [4.78, 5) is 9.77. The van der Waals surface area contributed by atoms with E-state index in [0.29, 0.717) is 5.82 Å². The van der Waals surface area contributed by atoms with Crippen LogP contribution >= 0.6 is 11.3 Å². The molecule has 23 heavy (non-hydrogen) atoms. The SMILES string of the molecule is COc1c(C)cnc(-c2sc(Nc3ccccc3)nc2N)c1C. The van der Waals surface area contributed by atoms with Crippen molar-refractivity contribution in [1.29, 1.82) is 0 Å². The maximum absolute atomic E-state index is 6.10. The van der Waals surface area contributed by atoms with Gasteiger partial charge in [-0.05, 0) is 26.0 Å². The standard InChI is InChI=1S/C17H18N4OS/c1-10-9-19-13(11(2)14(10)22-3)15-16(18)21-17(23-15)20-12-7-5-4-6-8-12/h4-9H,18H2,1-3H3,(H,20,21). The largest absolute Gasteiger partial charge is 0.496 e. The lowest BCUT2D eigenvalue weighted by atomic mass is 10.1. The highest BCUT2D eigenvalue weighted by atomic mass is 32.1. The van der Waals surface area contributed by atoms with Crippen molar-refractivity contribution in [2.45, 2.75) is 13.8 Å². The molecule has 0 saturated carbocycles. The lowest BCUT2D eigenvalue weighted by Gasteiger charge is -2.11. The topological polar surface area (TPSA) is 73.1 Å². The molecule has 1 aromatic carbocycles. The van der Waals surface area contributed by atoms with E-state index in [0.717, 1.165) is 38.3 Å². The molecular formula is C17H18N4OS. The normalized spacial score (nSPS) is 10.6. The van der Waals surface area contributed by atoms with E-state index in [9.17, 15) is 0 Å². The van der Waals surface area contributed by atoms with Crippen molar-refractivity contribution in [3.05, 3.63) is 47.7 Å². The van der Waals surface area contributed by atoms with E-state index >= 15 is 0 Å². The van der Waals surface area contributed by atoms with Crippen molar-refractivity contribution in [3.8, 4) is 16.3 Å². The average Bonchev–Trinajstić information content (AvgIpc) is 2.89. The van der Waals surface area contributed by atoms with Gasteiger partial charge in [0, 0.05) is 23.0 Å². The van der Waals surface area contributed by atoms with Crippen LogP contribution in [0.2, 0.25) is 0 Å². The Balaban J connectivity index is 1.99. The van der Waals surface area contributed by atoms with Gasteiger partial charge in [0.2, 0.25) is 0 Å². The highest BCUT2D eigenvalue weighted by Crippen LogP contribution is 2.39. The Morgan fingerprint density at radius 2 is 1.91 bits per heavy atom. The van der Waals surface area contributed by atoms with Gasteiger partial charge >= 0.3 is 0 Å². The molecule has 3 rings (SSSR count). The number of nitrogens with one attached hydrogen (secondary N) is 1. The summed E-state index contributed by atoms with van der Waals surface area (Å²) in [5.74, 6) is 1.30. The number of anilines is 3. The second-order valence-electron chi connectivity index (χ2n) is 5.17. The smallest absolute Gasteiger partial charge is 0.189 e. The van der Waals surface area contributed by atoms with E-state index in [-0.39, 0.29) is 0 Å². The lowest BCUT2D eigenvalue weighted by Crippen LogP contribution is -1.97. The van der Waals surface area contributed by atoms with Gasteiger partial charge in [-0.15, -0.1) is 0 Å². The number of hydrogen-bond acceptors (Lipinski definition) is 6. The zero-order valence-electron chi connectivity index (χ0n) is 13.3. The van der Waals surface area contributed by atoms with Gasteiger partial charge in [-0.25, -0.2) is 4.98 Å². The third-order valence-electron chi connectivity index (χ3n) is 3.54. The fourth-order valence-corrected chi connectivity index (χ4v) is 3.42. The van der Waals surface area contributed by atoms with E-state index in [2.05, 4.69) is 15.3 Å². The minimum Gasteiger partial charge on any atom is -0.496 e. The van der Waals surface area contributed by atoms with Gasteiger partial charge in [-0.3, -0.25) is 4.98 Å². The molecule has 3 aromatic rings. The van der Waals surface area contributed by atoms with Crippen LogP contribution in [-0.2, 0) is 0 Å². The first-order valence-corrected chi connectivity index (χ1v) is 8.00. The number of methoxy groups -OCH3 is 1. The first-order chi connectivity index (χ1) is 11.1. The molecule has 0 aliphatic heterocycles. The van der Waals surface area contributed by atoms with Crippen LogP contribution in [0, 0.1) is 13.8 Å². The predicted molar refractivity (Wildman–Crippen MR) is 95.5 cm³/mol. The van der Waals surface area contributed by atoms with Crippen LogP contribution in [0.3, 0.4) is 0 Å². The highest BCUT2D eigenvalue weighted by molar-refractivity contribution is 7.19. The van der Waals surface area contributed by atoms with Crippen LogP contribution in [0.15, 0.2) is 36.5 Å². The first kappa shape index (κ1) is 15.3. The van der Waals surface area contributed by atoms with Gasteiger partial charge in [0.25, 0.3) is 0 Å². The third kappa shape index (κ3) is 2.98. The second-order valence-corrected chi connectivity index (χ2v) is 6.17. The van der Waals surface area contributed by atoms with Crippen LogP contribution in [0.1, 0.15) is 11.1 Å². The Bertz CT molecular complexity index is 830. The molecule has 2 heterocycles. The van der Waals surface area contributed by atoms with E-state index < -0.39 is 0 Å². The zero-order chi connectivity index (χ0) is 16.4. The quantitative estimate of drug-likeness (QED) is 0.753. The van der Waals surface area contributed by atoms with Crippen molar-refractivity contribution in [1.82, 2.24) is 9.97 Å². The number of aromatic nitrogens is 2. The Labute approximate surface area is 139 Å². The molecule has 0 atom stereocenters. The van der Waals surface area contributed by atoms with Gasteiger partial charge in [0.05, 0.1) is 17.7 Å². The third-order valence-corrected chi connectivity index (χ3v) is 4.53. The number of rotatable bonds is 4. The minimum absolute atomic E-state index is 0.468. The monoisotopic (exact) mass is 326 g/mol. The molecule has 0 aliphatic rings. The van der Waals surface area contributed by atoms with E-state index in [1.54, 1.807) is 13.3 Å². The number of ether oxygens (including phenoxy) is 1. The van der Waals surface area contributed by atoms with Crippen molar-refractivity contribution in [2.24, 2.45) is 0 Å². The molecule has 6 heteroatoms. The molecule has 2 aromatic heterocycles. The number of pyridine rings is 1. The summed E-state index contributed by atoms with van der Waals surface area (Å²) >= 11 is 1.48. The maximum atomic E-state index is 6.10. The molecular weight excluding hydrogens is 308 g/mol. The van der Waals surface area contributed by atoms with Crippen LogP contribution in [0.5, 0.6) is 5.75 Å². The number of aryl methyl sites for hydroxylation is 1. The molecule has 0 bridgehead atoms. The summed E-state index contributed by atoms with van der Waals surface area (Å²) in [6.45, 7) is 3.96. The molecule has 0 spiro atoms. The molecule has 0 aliphatic carbocycles. The summed E-state index contributed by atoms with van der Waals surface area (Å²) in [7, 11) is 1.66. The Morgan fingerprint density at radius 3 is 2.61 bits per heavy atom. The molecule has 0 saturated heterocycles. The van der Waals surface area contributed by atoms with Gasteiger partial charge in [0.1, 0.15) is 11.6 Å². The first-order valence-electron chi connectivity index (χ1n) is 7.19. The Morgan fingerprint density at radius 1 is 1.17 bits per heavy atom. The number of nitrogen functional groups attached to an aromatic ring is 1. The fraction of sp³-hybridized carbons (Fsp3) is 0.176. The Kier molecular flexibility index (Phi) is 4.16. The summed E-state index contributed by atoms with van der Waals surface area (Å²) < 4.78 is 5.47. The average molecular weight is 326 g/mol. The summed E-state index contributed by atoms with van der Waals surface area (Å²) in [6.07, 6.45) is 1.80. The number of hydrogen-bond donors (Lipinski definition) is 2. The fourth-order valence-electron chi connectivity index (χ4n) is 2.46. The van der Waals surface area contributed by atoms with Crippen LogP contribution in [0.25, 0.3) is 10.6 Å². The molecule has 0 amide bonds. The number of para-hydroxylation sites is 1. The molecule has 0 radical (unpaired) electrons. The van der Waals surface area contributed by atoms with Crippen molar-refractivity contribution < 1.29 is 4.74 Å². The summed E-state index contributed by atoms with van der Waals surface area (Å²) in [5.41, 5.74) is 9.85. The number of nitrogens with zero attached hydrogens (tertiary/aromatic N) is 2. The predicted octanol–water partition coefficient (Wildman–Crippen LogP) is 4.16. The van der Waals surface area contributed by atoms with E-state index in [1.165, 1.54) is 11.3 Å². The maximum Gasteiger partial charge on any atom is 0.189 e. The van der Waals surface area contributed by atoms with Crippen LogP contribution in [0.4, 0.5) is 16.6 Å².